The van der Waals surface area contributed by atoms with E-state index in [1.807, 2.05) is 19.1 Å². The Morgan fingerprint density at radius 1 is 1.35 bits per heavy atom. The van der Waals surface area contributed by atoms with Gasteiger partial charge in [0.1, 0.15) is 0 Å². The number of carboxylic acid groups (broad SMARTS) is 1. The van der Waals surface area contributed by atoms with Crippen LogP contribution in [0.2, 0.25) is 0 Å². The highest BCUT2D eigenvalue weighted by molar-refractivity contribution is 8.18. The van der Waals surface area contributed by atoms with Gasteiger partial charge in [0.25, 0.3) is 5.91 Å². The lowest BCUT2D eigenvalue weighted by atomic mass is 10.1. The molecule has 3 rings (SSSR count). The second kappa shape index (κ2) is 6.13. The Labute approximate surface area is 136 Å². The normalized spacial score (nSPS) is 17.7. The second-order valence-corrected chi connectivity index (χ2v) is 5.93. The van der Waals surface area contributed by atoms with Crippen molar-refractivity contribution in [3.63, 3.8) is 0 Å². The van der Waals surface area contributed by atoms with Gasteiger partial charge in [0, 0.05) is 11.9 Å². The predicted molar refractivity (Wildman–Crippen MR) is 87.1 cm³/mol. The Hall–Kier alpha value is -2.80. The van der Waals surface area contributed by atoms with E-state index >= 15 is 0 Å². The molecule has 2 N–H and O–H groups in total. The van der Waals surface area contributed by atoms with Gasteiger partial charge in [0.2, 0.25) is 0 Å². The standard InChI is InChI=1S/C16H13N3O3S/c1-9-4-5-10(15(21)22)7-12(9)18-16-19-14(20)13(23-16)8-11-3-2-6-17-11/h2-8,17H,1H3,(H,21,22)(H,18,19,20)/p-1/b13-8+. The molecule has 116 valence electrons. The second-order valence-electron chi connectivity index (χ2n) is 4.90. The number of benzene rings is 1. The van der Waals surface area contributed by atoms with Crippen molar-refractivity contribution >= 4 is 40.6 Å². The molecule has 1 aliphatic heterocycles. The molecular weight excluding hydrogens is 314 g/mol. The van der Waals surface area contributed by atoms with Gasteiger partial charge in [-0.05, 0) is 54.1 Å². The Morgan fingerprint density at radius 3 is 2.87 bits per heavy atom. The maximum absolute atomic E-state index is 12.0. The summed E-state index contributed by atoms with van der Waals surface area (Å²) in [7, 11) is 0. The van der Waals surface area contributed by atoms with Crippen LogP contribution in [-0.4, -0.2) is 22.0 Å². The summed E-state index contributed by atoms with van der Waals surface area (Å²) in [5, 5.41) is 14.0. The molecule has 7 heteroatoms. The molecular formula is C16H12N3O3S-. The van der Waals surface area contributed by atoms with Gasteiger partial charge in [0.05, 0.1) is 16.6 Å². The number of carbonyl (C=O) groups is 2. The number of nitrogens with zero attached hydrogens (tertiary/aromatic N) is 1. The average molecular weight is 326 g/mol. The number of aromatic nitrogens is 1. The van der Waals surface area contributed by atoms with Crippen molar-refractivity contribution < 1.29 is 14.7 Å². The lowest BCUT2D eigenvalue weighted by molar-refractivity contribution is -0.255. The fraction of sp³-hybridized carbons (Fsp3) is 0.0625. The zero-order valence-electron chi connectivity index (χ0n) is 12.1. The number of amides is 1. The zero-order chi connectivity index (χ0) is 16.4. The minimum Gasteiger partial charge on any atom is -0.545 e. The van der Waals surface area contributed by atoms with Crippen molar-refractivity contribution in [2.45, 2.75) is 6.92 Å². The van der Waals surface area contributed by atoms with Crippen molar-refractivity contribution in [2.75, 3.05) is 0 Å². The number of thioether (sulfide) groups is 1. The van der Waals surface area contributed by atoms with Crippen LogP contribution < -0.4 is 10.4 Å². The number of aryl methyl sites for hydroxylation is 1. The molecule has 1 fully saturated rings. The third kappa shape index (κ3) is 3.35. The highest BCUT2D eigenvalue weighted by Gasteiger charge is 2.24. The van der Waals surface area contributed by atoms with E-state index in [1.54, 1.807) is 18.3 Å². The van der Waals surface area contributed by atoms with E-state index in [-0.39, 0.29) is 11.5 Å². The third-order valence-corrected chi connectivity index (χ3v) is 4.14. The van der Waals surface area contributed by atoms with Gasteiger partial charge in [-0.15, -0.1) is 0 Å². The first kappa shape index (κ1) is 15.1. The van der Waals surface area contributed by atoms with Crippen LogP contribution in [0.3, 0.4) is 0 Å². The number of amidine groups is 1. The van der Waals surface area contributed by atoms with Crippen molar-refractivity contribution in [1.82, 2.24) is 10.3 Å². The summed E-state index contributed by atoms with van der Waals surface area (Å²) >= 11 is 1.20. The first-order valence-corrected chi connectivity index (χ1v) is 7.59. The molecule has 1 aromatic heterocycles. The molecule has 1 aliphatic rings. The number of rotatable bonds is 3. The Kier molecular flexibility index (Phi) is 4.03. The monoisotopic (exact) mass is 326 g/mol. The highest BCUT2D eigenvalue weighted by Crippen LogP contribution is 2.29. The van der Waals surface area contributed by atoms with Gasteiger partial charge in [-0.1, -0.05) is 12.1 Å². The Bertz CT molecular complexity index is 838. The molecule has 23 heavy (non-hydrogen) atoms. The quantitative estimate of drug-likeness (QED) is 0.837. The van der Waals surface area contributed by atoms with Crippen LogP contribution in [-0.2, 0) is 4.79 Å². The molecule has 0 unspecified atom stereocenters. The number of hydrogen-bond acceptors (Lipinski definition) is 5. The number of H-pyrrole nitrogens is 1. The van der Waals surface area contributed by atoms with Gasteiger partial charge >= 0.3 is 0 Å². The van der Waals surface area contributed by atoms with E-state index in [2.05, 4.69) is 15.3 Å². The van der Waals surface area contributed by atoms with Crippen LogP contribution in [0.1, 0.15) is 21.6 Å². The largest absolute Gasteiger partial charge is 0.545 e. The summed E-state index contributed by atoms with van der Waals surface area (Å²) in [4.78, 5) is 30.7. The van der Waals surface area contributed by atoms with Crippen LogP contribution in [0.4, 0.5) is 5.69 Å². The van der Waals surface area contributed by atoms with Crippen molar-refractivity contribution in [1.29, 1.82) is 0 Å². The fourth-order valence-electron chi connectivity index (χ4n) is 2.02. The maximum atomic E-state index is 12.0. The summed E-state index contributed by atoms with van der Waals surface area (Å²) in [6, 6.07) is 8.24. The lowest BCUT2D eigenvalue weighted by Crippen LogP contribution is -2.22. The number of hydrogen-bond donors (Lipinski definition) is 2. The summed E-state index contributed by atoms with van der Waals surface area (Å²) in [5.74, 6) is -1.50. The van der Waals surface area contributed by atoms with Crippen molar-refractivity contribution in [2.24, 2.45) is 4.99 Å². The Morgan fingerprint density at radius 2 is 2.17 bits per heavy atom. The van der Waals surface area contributed by atoms with Crippen LogP contribution in [0.5, 0.6) is 0 Å². The SMILES string of the molecule is Cc1ccc(C(=O)[O-])cc1N=C1NC(=O)/C(=C\c2ccc[nH]2)S1. The molecule has 0 saturated carbocycles. The zero-order valence-corrected chi connectivity index (χ0v) is 12.9. The first-order chi connectivity index (χ1) is 11.0. The minimum absolute atomic E-state index is 0.0476. The van der Waals surface area contributed by atoms with Crippen LogP contribution >= 0.6 is 11.8 Å². The molecule has 0 atom stereocenters. The molecule has 0 bridgehead atoms. The van der Waals surface area contributed by atoms with Gasteiger partial charge in [-0.25, -0.2) is 4.99 Å². The summed E-state index contributed by atoms with van der Waals surface area (Å²) in [5.41, 5.74) is 2.15. The molecule has 1 amide bonds. The minimum atomic E-state index is -1.26. The van der Waals surface area contributed by atoms with Gasteiger partial charge in [-0.2, -0.15) is 0 Å². The molecule has 0 aliphatic carbocycles. The number of nitrogens with one attached hydrogen (secondary N) is 2. The fourth-order valence-corrected chi connectivity index (χ4v) is 2.85. The topological polar surface area (TPSA) is 97.4 Å². The molecule has 2 aromatic rings. The van der Waals surface area contributed by atoms with Crippen molar-refractivity contribution in [3.8, 4) is 0 Å². The summed E-state index contributed by atoms with van der Waals surface area (Å²) < 4.78 is 0. The number of aliphatic imine (C=N–C) groups is 1. The molecule has 1 saturated heterocycles. The van der Waals surface area contributed by atoms with Gasteiger partial charge in [-0.3, -0.25) is 4.79 Å². The Balaban J connectivity index is 1.89. The molecule has 2 heterocycles. The van der Waals surface area contributed by atoms with E-state index in [4.69, 9.17) is 0 Å². The lowest BCUT2D eigenvalue weighted by Gasteiger charge is -2.06. The highest BCUT2D eigenvalue weighted by atomic mass is 32.2. The van der Waals surface area contributed by atoms with Crippen molar-refractivity contribution in [3.05, 3.63) is 58.3 Å². The average Bonchev–Trinajstić information content (AvgIpc) is 3.12. The van der Waals surface area contributed by atoms with Crippen LogP contribution in [0.15, 0.2) is 46.4 Å². The summed E-state index contributed by atoms with van der Waals surface area (Å²) in [6.45, 7) is 1.82. The van der Waals surface area contributed by atoms with Gasteiger partial charge in [0.15, 0.2) is 5.17 Å². The van der Waals surface area contributed by atoms with E-state index in [9.17, 15) is 14.7 Å². The van der Waals surface area contributed by atoms with Crippen LogP contribution in [0.25, 0.3) is 6.08 Å². The van der Waals surface area contributed by atoms with Crippen LogP contribution in [0, 0.1) is 6.92 Å². The summed E-state index contributed by atoms with van der Waals surface area (Å²) in [6.07, 6.45) is 3.50. The molecule has 6 nitrogen and oxygen atoms in total. The van der Waals surface area contributed by atoms with E-state index in [0.717, 1.165) is 11.3 Å². The predicted octanol–water partition coefficient (Wildman–Crippen LogP) is 1.58. The third-order valence-electron chi connectivity index (χ3n) is 3.23. The van der Waals surface area contributed by atoms with E-state index in [1.165, 1.54) is 23.9 Å². The number of carbonyl (C=O) groups excluding carboxylic acids is 2. The van der Waals surface area contributed by atoms with E-state index < -0.39 is 5.97 Å². The number of carboxylic acids is 1. The van der Waals surface area contributed by atoms with Gasteiger partial charge < -0.3 is 20.2 Å². The molecule has 0 spiro atoms. The number of aromatic carboxylic acids is 1. The molecule has 0 radical (unpaired) electrons. The smallest absolute Gasteiger partial charge is 0.264 e. The molecule has 1 aromatic carbocycles. The van der Waals surface area contributed by atoms with E-state index in [0.29, 0.717) is 15.8 Å². The first-order valence-electron chi connectivity index (χ1n) is 6.78. The maximum Gasteiger partial charge on any atom is 0.264 e. The number of aromatic amines is 1.